The number of halogens is 1. The lowest BCUT2D eigenvalue weighted by atomic mass is 10.1. The number of fused-ring (bicyclic) bond motifs is 1. The van der Waals surface area contributed by atoms with Crippen LogP contribution in [0.3, 0.4) is 0 Å². The Morgan fingerprint density at radius 3 is 2.38 bits per heavy atom. The first-order valence-electron chi connectivity index (χ1n) is 7.33. The molecule has 0 spiro atoms. The van der Waals surface area contributed by atoms with Gasteiger partial charge in [-0.15, -0.1) is 0 Å². The van der Waals surface area contributed by atoms with Crippen LogP contribution in [0.5, 0.6) is 17.2 Å². The fourth-order valence-corrected chi connectivity index (χ4v) is 2.32. The van der Waals surface area contributed by atoms with Gasteiger partial charge in [0.2, 0.25) is 12.5 Å². The van der Waals surface area contributed by atoms with Gasteiger partial charge in [0.1, 0.15) is 0 Å². The lowest BCUT2D eigenvalue weighted by Crippen LogP contribution is -2.09. The summed E-state index contributed by atoms with van der Waals surface area (Å²) in [5.41, 5.74) is 2.14. The molecule has 3 N–H and O–H groups in total. The SMILES string of the molecule is COc1cc(CNc2ccc(Br)cc2)cc2c1OCO2.O=C(O)C(=O)O. The number of hydrogen-bond donors (Lipinski definition) is 3. The second kappa shape index (κ2) is 8.95. The maximum Gasteiger partial charge on any atom is 0.414 e. The van der Waals surface area contributed by atoms with Gasteiger partial charge < -0.3 is 29.7 Å². The van der Waals surface area contributed by atoms with Gasteiger partial charge in [-0.25, -0.2) is 9.59 Å². The first-order valence-corrected chi connectivity index (χ1v) is 8.12. The van der Waals surface area contributed by atoms with Crippen molar-refractivity contribution in [2.45, 2.75) is 6.54 Å². The molecule has 9 heteroatoms. The minimum atomic E-state index is -1.82. The van der Waals surface area contributed by atoms with Gasteiger partial charge in [-0.3, -0.25) is 0 Å². The second-order valence-electron chi connectivity index (χ2n) is 5.00. The van der Waals surface area contributed by atoms with Crippen LogP contribution in [0.2, 0.25) is 0 Å². The van der Waals surface area contributed by atoms with Gasteiger partial charge in [-0.1, -0.05) is 15.9 Å². The van der Waals surface area contributed by atoms with Crippen molar-refractivity contribution in [1.29, 1.82) is 0 Å². The van der Waals surface area contributed by atoms with Crippen LogP contribution in [-0.2, 0) is 16.1 Å². The molecule has 0 fully saturated rings. The van der Waals surface area contributed by atoms with Crippen LogP contribution in [0.1, 0.15) is 5.56 Å². The summed E-state index contributed by atoms with van der Waals surface area (Å²) in [7, 11) is 1.63. The number of benzene rings is 2. The molecule has 0 aromatic heterocycles. The molecule has 0 amide bonds. The summed E-state index contributed by atoms with van der Waals surface area (Å²) < 4.78 is 17.2. The zero-order valence-corrected chi connectivity index (χ0v) is 15.3. The van der Waals surface area contributed by atoms with E-state index in [1.54, 1.807) is 7.11 Å². The predicted octanol–water partition coefficient (Wildman–Crippen LogP) is 2.95. The molecule has 0 saturated carbocycles. The third-order valence-corrected chi connectivity index (χ3v) is 3.77. The Morgan fingerprint density at radius 1 is 1.15 bits per heavy atom. The number of carboxylic acids is 2. The fourth-order valence-electron chi connectivity index (χ4n) is 2.06. The number of aliphatic carboxylic acids is 2. The highest BCUT2D eigenvalue weighted by atomic mass is 79.9. The molecule has 1 aliphatic rings. The van der Waals surface area contributed by atoms with Gasteiger partial charge in [0.05, 0.1) is 7.11 Å². The normalized spacial score (nSPS) is 11.2. The van der Waals surface area contributed by atoms with E-state index in [4.69, 9.17) is 34.0 Å². The smallest absolute Gasteiger partial charge is 0.414 e. The molecule has 8 nitrogen and oxygen atoms in total. The number of anilines is 1. The number of carboxylic acid groups (broad SMARTS) is 2. The van der Waals surface area contributed by atoms with E-state index in [-0.39, 0.29) is 6.79 Å². The van der Waals surface area contributed by atoms with Gasteiger partial charge in [0.15, 0.2) is 11.5 Å². The number of nitrogens with one attached hydrogen (secondary N) is 1. The maximum atomic E-state index is 9.10. The quantitative estimate of drug-likeness (QED) is 0.640. The van der Waals surface area contributed by atoms with Crippen molar-refractivity contribution in [1.82, 2.24) is 0 Å². The van der Waals surface area contributed by atoms with Crippen LogP contribution < -0.4 is 19.5 Å². The summed E-state index contributed by atoms with van der Waals surface area (Å²) >= 11 is 3.42. The van der Waals surface area contributed by atoms with E-state index in [0.717, 1.165) is 21.5 Å². The van der Waals surface area contributed by atoms with E-state index in [2.05, 4.69) is 21.2 Å². The summed E-state index contributed by atoms with van der Waals surface area (Å²) in [6.45, 7) is 0.934. The summed E-state index contributed by atoms with van der Waals surface area (Å²) in [5, 5.41) is 18.1. The zero-order valence-electron chi connectivity index (χ0n) is 13.7. The molecular formula is C17H16BrNO7. The van der Waals surface area contributed by atoms with Crippen molar-refractivity contribution < 1.29 is 34.0 Å². The molecule has 26 heavy (non-hydrogen) atoms. The van der Waals surface area contributed by atoms with Crippen LogP contribution in [-0.4, -0.2) is 36.1 Å². The standard InChI is InChI=1S/C15H14BrNO3.C2H2O4/c1-18-13-6-10(7-14-15(13)20-9-19-14)8-17-12-4-2-11(16)3-5-12;3-1(4)2(5)6/h2-7,17H,8-9H2,1H3;(H,3,4)(H,5,6). The van der Waals surface area contributed by atoms with Crippen molar-refractivity contribution in [2.75, 3.05) is 19.2 Å². The van der Waals surface area contributed by atoms with Crippen LogP contribution in [0.25, 0.3) is 0 Å². The largest absolute Gasteiger partial charge is 0.493 e. The summed E-state index contributed by atoms with van der Waals surface area (Å²) in [6.07, 6.45) is 0. The van der Waals surface area contributed by atoms with E-state index >= 15 is 0 Å². The molecule has 0 aliphatic carbocycles. The number of methoxy groups -OCH3 is 1. The third-order valence-electron chi connectivity index (χ3n) is 3.24. The minimum absolute atomic E-state index is 0.245. The van der Waals surface area contributed by atoms with Crippen molar-refractivity contribution in [3.8, 4) is 17.2 Å². The Balaban J connectivity index is 0.000000352. The molecule has 0 radical (unpaired) electrons. The average Bonchev–Trinajstić information content (AvgIpc) is 3.09. The van der Waals surface area contributed by atoms with Crippen molar-refractivity contribution in [2.24, 2.45) is 0 Å². The Hall–Kier alpha value is -2.94. The van der Waals surface area contributed by atoms with Crippen molar-refractivity contribution >= 4 is 33.6 Å². The van der Waals surface area contributed by atoms with E-state index in [0.29, 0.717) is 18.0 Å². The van der Waals surface area contributed by atoms with Gasteiger partial charge in [-0.2, -0.15) is 0 Å². The summed E-state index contributed by atoms with van der Waals surface area (Å²) in [5.74, 6) is -1.53. The molecule has 3 rings (SSSR count). The highest BCUT2D eigenvalue weighted by molar-refractivity contribution is 9.10. The molecule has 2 aromatic rings. The Labute approximate surface area is 157 Å². The molecule has 0 saturated heterocycles. The minimum Gasteiger partial charge on any atom is -0.493 e. The number of carbonyl (C=O) groups is 2. The molecule has 0 atom stereocenters. The first-order chi connectivity index (χ1) is 12.4. The van der Waals surface area contributed by atoms with Gasteiger partial charge in [0, 0.05) is 16.7 Å². The zero-order chi connectivity index (χ0) is 19.1. The molecular weight excluding hydrogens is 410 g/mol. The van der Waals surface area contributed by atoms with E-state index in [9.17, 15) is 0 Å². The van der Waals surface area contributed by atoms with E-state index < -0.39 is 11.9 Å². The lowest BCUT2D eigenvalue weighted by Gasteiger charge is -2.10. The maximum absolute atomic E-state index is 9.10. The van der Waals surface area contributed by atoms with Crippen LogP contribution in [0.15, 0.2) is 40.9 Å². The number of hydrogen-bond acceptors (Lipinski definition) is 6. The average molecular weight is 426 g/mol. The molecule has 1 aliphatic heterocycles. The molecule has 0 bridgehead atoms. The lowest BCUT2D eigenvalue weighted by molar-refractivity contribution is -0.159. The third kappa shape index (κ3) is 5.28. The predicted molar refractivity (Wildman–Crippen MR) is 95.9 cm³/mol. The number of rotatable bonds is 4. The topological polar surface area (TPSA) is 114 Å². The van der Waals surface area contributed by atoms with Crippen LogP contribution >= 0.6 is 15.9 Å². The van der Waals surface area contributed by atoms with Gasteiger partial charge in [-0.05, 0) is 42.0 Å². The second-order valence-corrected chi connectivity index (χ2v) is 5.92. The molecule has 2 aromatic carbocycles. The van der Waals surface area contributed by atoms with Gasteiger partial charge in [0.25, 0.3) is 0 Å². The molecule has 0 unspecified atom stereocenters. The Kier molecular flexibility index (Phi) is 6.67. The van der Waals surface area contributed by atoms with Crippen molar-refractivity contribution in [3.05, 3.63) is 46.4 Å². The summed E-state index contributed by atoms with van der Waals surface area (Å²) in [6, 6.07) is 12.0. The molecule has 138 valence electrons. The molecule has 1 heterocycles. The Bertz CT molecular complexity index is 780. The van der Waals surface area contributed by atoms with Crippen LogP contribution in [0.4, 0.5) is 5.69 Å². The Morgan fingerprint density at radius 2 is 1.81 bits per heavy atom. The first kappa shape index (κ1) is 19.4. The fraction of sp³-hybridized carbons (Fsp3) is 0.176. The number of ether oxygens (including phenoxy) is 3. The van der Waals surface area contributed by atoms with Crippen LogP contribution in [0, 0.1) is 0 Å². The highest BCUT2D eigenvalue weighted by Gasteiger charge is 2.19. The highest BCUT2D eigenvalue weighted by Crippen LogP contribution is 2.41. The summed E-state index contributed by atoms with van der Waals surface area (Å²) in [4.78, 5) is 18.2. The van der Waals surface area contributed by atoms with E-state index in [1.165, 1.54) is 0 Å². The van der Waals surface area contributed by atoms with Gasteiger partial charge >= 0.3 is 11.9 Å². The van der Waals surface area contributed by atoms with E-state index in [1.807, 2.05) is 36.4 Å². The monoisotopic (exact) mass is 425 g/mol. The van der Waals surface area contributed by atoms with Crippen molar-refractivity contribution in [3.63, 3.8) is 0 Å².